The molecule has 2 heterocycles. The zero-order chi connectivity index (χ0) is 17.5. The van der Waals surface area contributed by atoms with Crippen molar-refractivity contribution in [3.8, 4) is 5.75 Å². The summed E-state index contributed by atoms with van der Waals surface area (Å²) in [4.78, 5) is 11.9. The summed E-state index contributed by atoms with van der Waals surface area (Å²) in [6.07, 6.45) is 1.45. The van der Waals surface area contributed by atoms with Gasteiger partial charge in [0, 0.05) is 20.3 Å². The van der Waals surface area contributed by atoms with Gasteiger partial charge in [-0.1, -0.05) is 6.07 Å². The minimum absolute atomic E-state index is 0.0806. The van der Waals surface area contributed by atoms with Gasteiger partial charge in [0.1, 0.15) is 22.9 Å². The molecule has 1 aromatic carbocycles. The van der Waals surface area contributed by atoms with Crippen LogP contribution in [0.2, 0.25) is 0 Å². The average molecular weight is 349 g/mol. The molecule has 0 radical (unpaired) electrons. The molecule has 7 nitrogen and oxygen atoms in total. The molecule has 0 saturated heterocycles. The third-order valence-corrected chi connectivity index (χ3v) is 5.74. The van der Waals surface area contributed by atoms with Crippen molar-refractivity contribution in [3.63, 3.8) is 0 Å². The Morgan fingerprint density at radius 2 is 2.04 bits per heavy atom. The van der Waals surface area contributed by atoms with Gasteiger partial charge in [0.05, 0.1) is 12.2 Å². The van der Waals surface area contributed by atoms with Crippen molar-refractivity contribution in [2.45, 2.75) is 11.8 Å². The fourth-order valence-electron chi connectivity index (χ4n) is 2.71. The summed E-state index contributed by atoms with van der Waals surface area (Å²) in [5.74, 6) is 0.212. The van der Waals surface area contributed by atoms with Crippen LogP contribution in [0, 0.1) is 6.92 Å². The summed E-state index contributed by atoms with van der Waals surface area (Å²) in [7, 11) is -0.636. The Balaban J connectivity index is 2.06. The van der Waals surface area contributed by atoms with Crippen LogP contribution in [0.4, 0.5) is 5.69 Å². The Bertz CT molecular complexity index is 902. The van der Waals surface area contributed by atoms with Crippen LogP contribution < -0.4 is 14.4 Å². The summed E-state index contributed by atoms with van der Waals surface area (Å²) in [6.45, 7) is 2.43. The number of aryl methyl sites for hydroxylation is 2. The lowest BCUT2D eigenvalue weighted by Gasteiger charge is -2.30. The van der Waals surface area contributed by atoms with E-state index in [1.807, 2.05) is 19.1 Å². The number of hydrogen-bond acceptors (Lipinski definition) is 4. The molecule has 0 unspecified atom stereocenters. The maximum Gasteiger partial charge on any atom is 0.267 e. The van der Waals surface area contributed by atoms with Gasteiger partial charge < -0.3 is 14.6 Å². The maximum atomic E-state index is 13.0. The third-order valence-electron chi connectivity index (χ3n) is 3.96. The van der Waals surface area contributed by atoms with Crippen molar-refractivity contribution in [2.24, 2.45) is 7.05 Å². The molecule has 24 heavy (non-hydrogen) atoms. The lowest BCUT2D eigenvalue weighted by molar-refractivity contribution is 0.0955. The maximum absolute atomic E-state index is 13.0. The Labute approximate surface area is 140 Å². The van der Waals surface area contributed by atoms with Crippen molar-refractivity contribution < 1.29 is 17.9 Å². The van der Waals surface area contributed by atoms with Gasteiger partial charge in [-0.25, -0.2) is 8.42 Å². The first kappa shape index (κ1) is 16.4. The van der Waals surface area contributed by atoms with E-state index in [2.05, 4.69) is 5.32 Å². The molecule has 1 aromatic heterocycles. The largest absolute Gasteiger partial charge is 0.489 e. The van der Waals surface area contributed by atoms with E-state index in [4.69, 9.17) is 4.74 Å². The van der Waals surface area contributed by atoms with E-state index in [1.54, 1.807) is 13.1 Å². The summed E-state index contributed by atoms with van der Waals surface area (Å²) >= 11 is 0. The van der Waals surface area contributed by atoms with Gasteiger partial charge in [0.15, 0.2) is 0 Å². The number of rotatable bonds is 3. The van der Waals surface area contributed by atoms with E-state index >= 15 is 0 Å². The summed E-state index contributed by atoms with van der Waals surface area (Å²) in [5, 5.41) is 2.50. The molecule has 2 aromatic rings. The standard InChI is InChI=1S/C16H19N3O4S/c1-11-4-5-13-15(8-11)23-7-6-19(13)24(21,22)12-9-14(16(20)17-2)18(3)10-12/h4-5,8-10H,6-7H2,1-3H3,(H,17,20). The van der Waals surface area contributed by atoms with Gasteiger partial charge in [-0.05, 0) is 30.7 Å². The second kappa shape index (κ2) is 5.86. The molecule has 1 aliphatic rings. The van der Waals surface area contributed by atoms with Crippen LogP contribution in [0.5, 0.6) is 5.75 Å². The van der Waals surface area contributed by atoms with Crippen LogP contribution in [0.1, 0.15) is 16.1 Å². The van der Waals surface area contributed by atoms with Crippen LogP contribution in [0.3, 0.4) is 0 Å². The SMILES string of the molecule is CNC(=O)c1cc(S(=O)(=O)N2CCOc3cc(C)ccc32)cn1C. The topological polar surface area (TPSA) is 80.6 Å². The Hall–Kier alpha value is -2.48. The fraction of sp³-hybridized carbons (Fsp3) is 0.312. The van der Waals surface area contributed by atoms with E-state index in [0.717, 1.165) is 5.56 Å². The summed E-state index contributed by atoms with van der Waals surface area (Å²) in [6, 6.07) is 6.79. The van der Waals surface area contributed by atoms with Crippen LogP contribution in [-0.4, -0.2) is 39.1 Å². The summed E-state index contributed by atoms with van der Waals surface area (Å²) < 4.78 is 34.5. The molecule has 8 heteroatoms. The first-order chi connectivity index (χ1) is 11.3. The minimum atomic E-state index is -3.78. The number of carbonyl (C=O) groups excluding carboxylic acids is 1. The van der Waals surface area contributed by atoms with Crippen molar-refractivity contribution in [1.29, 1.82) is 0 Å². The zero-order valence-corrected chi connectivity index (χ0v) is 14.6. The number of aromatic nitrogens is 1. The zero-order valence-electron chi connectivity index (χ0n) is 13.7. The number of ether oxygens (including phenoxy) is 1. The fourth-order valence-corrected chi connectivity index (χ4v) is 4.24. The number of anilines is 1. The van der Waals surface area contributed by atoms with Crippen LogP contribution >= 0.6 is 0 Å². The molecule has 0 saturated carbocycles. The molecule has 1 N–H and O–H groups in total. The Morgan fingerprint density at radius 3 is 2.75 bits per heavy atom. The first-order valence-corrected chi connectivity index (χ1v) is 8.93. The van der Waals surface area contributed by atoms with Crippen LogP contribution in [-0.2, 0) is 17.1 Å². The van der Waals surface area contributed by atoms with E-state index in [0.29, 0.717) is 11.4 Å². The molecule has 3 rings (SSSR count). The second-order valence-corrected chi connectivity index (χ2v) is 7.51. The quantitative estimate of drug-likeness (QED) is 0.905. The molecule has 0 aliphatic carbocycles. The normalized spacial score (nSPS) is 14.0. The number of carbonyl (C=O) groups is 1. The lowest BCUT2D eigenvalue weighted by Crippen LogP contribution is -2.37. The van der Waals surface area contributed by atoms with Gasteiger partial charge in [0.25, 0.3) is 15.9 Å². The van der Waals surface area contributed by atoms with Gasteiger partial charge in [-0.3, -0.25) is 9.10 Å². The van der Waals surface area contributed by atoms with Crippen molar-refractivity contribution in [3.05, 3.63) is 41.7 Å². The first-order valence-electron chi connectivity index (χ1n) is 7.49. The van der Waals surface area contributed by atoms with E-state index in [-0.39, 0.29) is 29.6 Å². The average Bonchev–Trinajstić information content (AvgIpc) is 2.96. The summed E-state index contributed by atoms with van der Waals surface area (Å²) in [5.41, 5.74) is 1.79. The van der Waals surface area contributed by atoms with Crippen LogP contribution in [0.15, 0.2) is 35.4 Å². The predicted octanol–water partition coefficient (Wildman–Crippen LogP) is 1.28. The molecule has 0 bridgehead atoms. The number of nitrogens with one attached hydrogen (secondary N) is 1. The third kappa shape index (κ3) is 2.62. The van der Waals surface area contributed by atoms with E-state index in [9.17, 15) is 13.2 Å². The number of nitrogens with zero attached hydrogens (tertiary/aromatic N) is 2. The molecule has 0 atom stereocenters. The predicted molar refractivity (Wildman–Crippen MR) is 90.0 cm³/mol. The molecule has 0 spiro atoms. The highest BCUT2D eigenvalue weighted by Crippen LogP contribution is 2.36. The number of hydrogen-bond donors (Lipinski definition) is 1. The smallest absolute Gasteiger partial charge is 0.267 e. The number of fused-ring (bicyclic) bond motifs is 1. The Morgan fingerprint density at radius 1 is 1.29 bits per heavy atom. The van der Waals surface area contributed by atoms with Crippen LogP contribution in [0.25, 0.3) is 0 Å². The lowest BCUT2D eigenvalue weighted by atomic mass is 10.2. The minimum Gasteiger partial charge on any atom is -0.489 e. The van der Waals surface area contributed by atoms with Gasteiger partial charge in [0.2, 0.25) is 0 Å². The molecule has 1 amide bonds. The van der Waals surface area contributed by atoms with Crippen molar-refractivity contribution in [1.82, 2.24) is 9.88 Å². The highest BCUT2D eigenvalue weighted by Gasteiger charge is 2.31. The van der Waals surface area contributed by atoms with Crippen molar-refractivity contribution >= 4 is 21.6 Å². The second-order valence-electron chi connectivity index (χ2n) is 5.65. The van der Waals surface area contributed by atoms with Crippen molar-refractivity contribution in [2.75, 3.05) is 24.5 Å². The van der Waals surface area contributed by atoms with Gasteiger partial charge in [-0.2, -0.15) is 0 Å². The highest BCUT2D eigenvalue weighted by molar-refractivity contribution is 7.92. The molecule has 0 fully saturated rings. The van der Waals surface area contributed by atoms with Gasteiger partial charge in [-0.15, -0.1) is 0 Å². The van der Waals surface area contributed by atoms with Gasteiger partial charge >= 0.3 is 0 Å². The molecular formula is C16H19N3O4S. The molecular weight excluding hydrogens is 330 g/mol. The number of sulfonamides is 1. The molecule has 128 valence electrons. The van der Waals surface area contributed by atoms with E-state index < -0.39 is 10.0 Å². The Kier molecular flexibility index (Phi) is 4.00. The number of benzene rings is 1. The molecule has 1 aliphatic heterocycles. The number of amides is 1. The van der Waals surface area contributed by atoms with E-state index in [1.165, 1.54) is 28.2 Å². The monoisotopic (exact) mass is 349 g/mol. The highest BCUT2D eigenvalue weighted by atomic mass is 32.2.